The zero-order chi connectivity index (χ0) is 13.5. The Hall–Kier alpha value is -1.80. The SMILES string of the molecule is NCC1CCN(c2ccc3c(c2)Cc2ccccc2-3)C1. The fourth-order valence-corrected chi connectivity index (χ4v) is 3.59. The second kappa shape index (κ2) is 4.64. The highest BCUT2D eigenvalue weighted by Gasteiger charge is 2.23. The smallest absolute Gasteiger partial charge is 0.0369 e. The molecule has 2 aromatic rings. The first-order chi connectivity index (χ1) is 9.85. The Morgan fingerprint density at radius 2 is 1.90 bits per heavy atom. The molecule has 0 spiro atoms. The summed E-state index contributed by atoms with van der Waals surface area (Å²) in [7, 11) is 0. The van der Waals surface area contributed by atoms with Gasteiger partial charge in [0.05, 0.1) is 0 Å². The Morgan fingerprint density at radius 1 is 1.05 bits per heavy atom. The lowest BCUT2D eigenvalue weighted by Crippen LogP contribution is -2.22. The van der Waals surface area contributed by atoms with Crippen LogP contribution in [0.2, 0.25) is 0 Å². The molecule has 1 atom stereocenters. The Morgan fingerprint density at radius 3 is 2.75 bits per heavy atom. The molecule has 2 heteroatoms. The quantitative estimate of drug-likeness (QED) is 0.771. The fourth-order valence-electron chi connectivity index (χ4n) is 3.59. The number of rotatable bonds is 2. The molecule has 0 aromatic heterocycles. The molecule has 1 unspecified atom stereocenters. The van der Waals surface area contributed by atoms with Crippen molar-refractivity contribution in [1.29, 1.82) is 0 Å². The van der Waals surface area contributed by atoms with E-state index in [1.165, 1.54) is 34.4 Å². The lowest BCUT2D eigenvalue weighted by atomic mass is 10.1. The standard InChI is InChI=1S/C18H20N2/c19-11-13-7-8-20(12-13)16-5-6-18-15(10-16)9-14-3-1-2-4-17(14)18/h1-6,10,13H,7-9,11-12,19H2. The highest BCUT2D eigenvalue weighted by atomic mass is 15.2. The van der Waals surface area contributed by atoms with Crippen molar-refractivity contribution in [2.24, 2.45) is 11.7 Å². The number of nitrogens with zero attached hydrogens (tertiary/aromatic N) is 1. The van der Waals surface area contributed by atoms with Gasteiger partial charge in [-0.3, -0.25) is 0 Å². The van der Waals surface area contributed by atoms with E-state index >= 15 is 0 Å². The highest BCUT2D eigenvalue weighted by Crippen LogP contribution is 2.38. The van der Waals surface area contributed by atoms with Gasteiger partial charge in [0.15, 0.2) is 0 Å². The summed E-state index contributed by atoms with van der Waals surface area (Å²) in [5.41, 5.74) is 12.9. The number of fused-ring (bicyclic) bond motifs is 3. The summed E-state index contributed by atoms with van der Waals surface area (Å²) >= 11 is 0. The minimum Gasteiger partial charge on any atom is -0.371 e. The Labute approximate surface area is 120 Å². The summed E-state index contributed by atoms with van der Waals surface area (Å²) < 4.78 is 0. The second-order valence-electron chi connectivity index (χ2n) is 6.01. The van der Waals surface area contributed by atoms with Gasteiger partial charge in [-0.2, -0.15) is 0 Å². The number of hydrogen-bond acceptors (Lipinski definition) is 2. The lowest BCUT2D eigenvalue weighted by Gasteiger charge is -2.19. The fraction of sp³-hybridized carbons (Fsp3) is 0.333. The van der Waals surface area contributed by atoms with Gasteiger partial charge in [-0.25, -0.2) is 0 Å². The van der Waals surface area contributed by atoms with Crippen LogP contribution in [0.25, 0.3) is 11.1 Å². The first kappa shape index (κ1) is 12.0. The van der Waals surface area contributed by atoms with Crippen LogP contribution in [0.5, 0.6) is 0 Å². The molecule has 2 aromatic carbocycles. The van der Waals surface area contributed by atoms with Crippen molar-refractivity contribution in [2.45, 2.75) is 12.8 Å². The van der Waals surface area contributed by atoms with Gasteiger partial charge in [0.2, 0.25) is 0 Å². The van der Waals surface area contributed by atoms with Crippen LogP contribution < -0.4 is 10.6 Å². The monoisotopic (exact) mass is 264 g/mol. The van der Waals surface area contributed by atoms with Crippen molar-refractivity contribution in [3.05, 3.63) is 53.6 Å². The van der Waals surface area contributed by atoms with E-state index in [2.05, 4.69) is 47.4 Å². The van der Waals surface area contributed by atoms with E-state index in [1.807, 2.05) is 0 Å². The minimum absolute atomic E-state index is 0.667. The van der Waals surface area contributed by atoms with Gasteiger partial charge in [-0.05, 0) is 59.7 Å². The maximum Gasteiger partial charge on any atom is 0.0369 e. The summed E-state index contributed by atoms with van der Waals surface area (Å²) in [6.45, 7) is 3.07. The first-order valence-corrected chi connectivity index (χ1v) is 7.51. The zero-order valence-corrected chi connectivity index (χ0v) is 11.7. The van der Waals surface area contributed by atoms with Crippen molar-refractivity contribution < 1.29 is 0 Å². The summed E-state index contributed by atoms with van der Waals surface area (Å²) in [5, 5.41) is 0. The molecule has 20 heavy (non-hydrogen) atoms. The van der Waals surface area contributed by atoms with Gasteiger partial charge in [-0.1, -0.05) is 30.3 Å². The number of benzene rings is 2. The van der Waals surface area contributed by atoms with E-state index in [4.69, 9.17) is 5.73 Å². The normalized spacial score (nSPS) is 20.1. The predicted octanol–water partition coefficient (Wildman–Crippen LogP) is 3.04. The van der Waals surface area contributed by atoms with Crippen molar-refractivity contribution >= 4 is 5.69 Å². The molecule has 2 N–H and O–H groups in total. The molecule has 0 bridgehead atoms. The largest absolute Gasteiger partial charge is 0.371 e. The van der Waals surface area contributed by atoms with Gasteiger partial charge in [0.1, 0.15) is 0 Å². The van der Waals surface area contributed by atoms with Crippen LogP contribution in [0, 0.1) is 5.92 Å². The average Bonchev–Trinajstić information content (AvgIpc) is 3.10. The van der Waals surface area contributed by atoms with Gasteiger partial charge < -0.3 is 10.6 Å². The first-order valence-electron chi connectivity index (χ1n) is 7.51. The van der Waals surface area contributed by atoms with E-state index in [0.717, 1.165) is 26.1 Å². The van der Waals surface area contributed by atoms with Crippen LogP contribution in [0.3, 0.4) is 0 Å². The minimum atomic E-state index is 0.667. The number of hydrogen-bond donors (Lipinski definition) is 1. The third kappa shape index (κ3) is 1.83. The van der Waals surface area contributed by atoms with Gasteiger partial charge in [-0.15, -0.1) is 0 Å². The zero-order valence-electron chi connectivity index (χ0n) is 11.7. The maximum atomic E-state index is 5.80. The molecule has 102 valence electrons. The second-order valence-corrected chi connectivity index (χ2v) is 6.01. The Bertz CT molecular complexity index is 648. The van der Waals surface area contributed by atoms with Crippen molar-refractivity contribution in [3.8, 4) is 11.1 Å². The third-order valence-electron chi connectivity index (χ3n) is 4.76. The summed E-state index contributed by atoms with van der Waals surface area (Å²) in [6.07, 6.45) is 2.31. The van der Waals surface area contributed by atoms with Crippen molar-refractivity contribution in [1.82, 2.24) is 0 Å². The summed E-state index contributed by atoms with van der Waals surface area (Å²) in [6, 6.07) is 15.7. The summed E-state index contributed by atoms with van der Waals surface area (Å²) in [4.78, 5) is 2.49. The molecule has 1 aliphatic heterocycles. The molecular formula is C18H20N2. The van der Waals surface area contributed by atoms with Crippen molar-refractivity contribution in [2.75, 3.05) is 24.5 Å². The molecule has 1 aliphatic carbocycles. The Balaban J connectivity index is 1.66. The van der Waals surface area contributed by atoms with Crippen LogP contribution in [0.4, 0.5) is 5.69 Å². The van der Waals surface area contributed by atoms with E-state index < -0.39 is 0 Å². The van der Waals surface area contributed by atoms with Gasteiger partial charge in [0.25, 0.3) is 0 Å². The van der Waals surface area contributed by atoms with Crippen LogP contribution in [0.15, 0.2) is 42.5 Å². The van der Waals surface area contributed by atoms with Crippen LogP contribution in [-0.4, -0.2) is 19.6 Å². The Kier molecular flexibility index (Phi) is 2.78. The topological polar surface area (TPSA) is 29.3 Å². The average molecular weight is 264 g/mol. The molecule has 0 saturated carbocycles. The number of nitrogens with two attached hydrogens (primary N) is 1. The third-order valence-corrected chi connectivity index (χ3v) is 4.76. The molecular weight excluding hydrogens is 244 g/mol. The van der Waals surface area contributed by atoms with Crippen LogP contribution in [-0.2, 0) is 6.42 Å². The number of anilines is 1. The van der Waals surface area contributed by atoms with E-state index in [1.54, 1.807) is 0 Å². The van der Waals surface area contributed by atoms with Crippen LogP contribution >= 0.6 is 0 Å². The predicted molar refractivity (Wildman–Crippen MR) is 84.1 cm³/mol. The molecule has 1 saturated heterocycles. The van der Waals surface area contributed by atoms with Gasteiger partial charge >= 0.3 is 0 Å². The van der Waals surface area contributed by atoms with Gasteiger partial charge in [0, 0.05) is 18.8 Å². The molecule has 1 heterocycles. The maximum absolute atomic E-state index is 5.80. The molecule has 2 nitrogen and oxygen atoms in total. The molecule has 1 fully saturated rings. The lowest BCUT2D eigenvalue weighted by molar-refractivity contribution is 0.602. The molecule has 0 amide bonds. The summed E-state index contributed by atoms with van der Waals surface area (Å²) in [5.74, 6) is 0.667. The molecule has 4 rings (SSSR count). The molecule has 0 radical (unpaired) electrons. The molecule has 2 aliphatic rings. The van der Waals surface area contributed by atoms with Crippen LogP contribution in [0.1, 0.15) is 17.5 Å². The van der Waals surface area contributed by atoms with Crippen molar-refractivity contribution in [3.63, 3.8) is 0 Å². The van der Waals surface area contributed by atoms with E-state index in [-0.39, 0.29) is 0 Å². The van der Waals surface area contributed by atoms with E-state index in [0.29, 0.717) is 5.92 Å². The highest BCUT2D eigenvalue weighted by molar-refractivity contribution is 5.78. The van der Waals surface area contributed by atoms with E-state index in [9.17, 15) is 0 Å².